The maximum Gasteiger partial charge on any atom is 0.305 e. The lowest BCUT2D eigenvalue weighted by Gasteiger charge is -2.29. The molecule has 0 spiro atoms. The van der Waals surface area contributed by atoms with Gasteiger partial charge in [-0.2, -0.15) is 0 Å². The van der Waals surface area contributed by atoms with E-state index in [2.05, 4.69) is 0 Å². The van der Waals surface area contributed by atoms with Gasteiger partial charge in [0.25, 0.3) is 0 Å². The first-order valence-electron chi connectivity index (χ1n) is 9.95. The number of fused-ring (bicyclic) bond motifs is 1. The zero-order valence-corrected chi connectivity index (χ0v) is 17.9. The standard InChI is InChI=1S/C23H25NO5S/c1-27-18-10-8-16(9-11-18)21-24-17(15-29-21)14-23(22(24)26,13-12-20(25)28-2)30-19-6-4-3-5-7-19/h3-11,17,21H,12-15H2,1-2H3/t17-,21+,23+/m0/s1. The second-order valence-corrected chi connectivity index (χ2v) is 8.97. The number of benzene rings is 2. The van der Waals surface area contributed by atoms with E-state index in [1.165, 1.54) is 7.11 Å². The summed E-state index contributed by atoms with van der Waals surface area (Å²) in [6.07, 6.45) is 0.844. The largest absolute Gasteiger partial charge is 0.497 e. The molecule has 158 valence electrons. The van der Waals surface area contributed by atoms with Crippen LogP contribution >= 0.6 is 11.8 Å². The molecule has 0 aromatic heterocycles. The number of hydrogen-bond donors (Lipinski definition) is 0. The first kappa shape index (κ1) is 20.8. The van der Waals surface area contributed by atoms with Crippen molar-refractivity contribution < 1.29 is 23.8 Å². The second kappa shape index (κ2) is 8.70. The fourth-order valence-corrected chi connectivity index (χ4v) is 5.59. The topological polar surface area (TPSA) is 65.1 Å². The number of methoxy groups -OCH3 is 2. The molecule has 30 heavy (non-hydrogen) atoms. The SMILES string of the molecule is COC(=O)CC[C@@]1(Sc2ccccc2)C[C@H]2CO[C@H](c3ccc(OC)cc3)N2C1=O. The lowest BCUT2D eigenvalue weighted by atomic mass is 9.98. The predicted octanol–water partition coefficient (Wildman–Crippen LogP) is 3.81. The summed E-state index contributed by atoms with van der Waals surface area (Å²) in [5.41, 5.74) is 0.917. The first-order chi connectivity index (χ1) is 14.6. The molecule has 0 radical (unpaired) electrons. The summed E-state index contributed by atoms with van der Waals surface area (Å²) in [6, 6.07) is 17.4. The van der Waals surface area contributed by atoms with Crippen molar-refractivity contribution in [3.63, 3.8) is 0 Å². The highest BCUT2D eigenvalue weighted by molar-refractivity contribution is 8.01. The molecule has 0 aliphatic carbocycles. The molecule has 4 rings (SSSR count). The minimum absolute atomic E-state index is 0.0153. The molecule has 2 aromatic rings. The van der Waals surface area contributed by atoms with Crippen LogP contribution in [0.5, 0.6) is 5.75 Å². The number of ether oxygens (including phenoxy) is 3. The Morgan fingerprint density at radius 2 is 1.90 bits per heavy atom. The smallest absolute Gasteiger partial charge is 0.305 e. The number of carbonyl (C=O) groups is 2. The molecule has 0 saturated carbocycles. The van der Waals surface area contributed by atoms with Crippen molar-refractivity contribution in [1.82, 2.24) is 4.90 Å². The number of amides is 1. The maximum absolute atomic E-state index is 13.8. The van der Waals surface area contributed by atoms with Crippen LogP contribution in [-0.2, 0) is 19.1 Å². The molecule has 2 saturated heterocycles. The zero-order chi connectivity index (χ0) is 21.1. The van der Waals surface area contributed by atoms with Gasteiger partial charge < -0.3 is 19.1 Å². The van der Waals surface area contributed by atoms with Gasteiger partial charge in [-0.15, -0.1) is 11.8 Å². The molecular weight excluding hydrogens is 402 g/mol. The van der Waals surface area contributed by atoms with Crippen LogP contribution in [0.4, 0.5) is 0 Å². The van der Waals surface area contributed by atoms with E-state index in [9.17, 15) is 9.59 Å². The number of hydrogen-bond acceptors (Lipinski definition) is 6. The summed E-state index contributed by atoms with van der Waals surface area (Å²) in [6.45, 7) is 0.484. The summed E-state index contributed by atoms with van der Waals surface area (Å²) < 4.78 is 15.4. The van der Waals surface area contributed by atoms with E-state index in [0.29, 0.717) is 19.4 Å². The van der Waals surface area contributed by atoms with Crippen molar-refractivity contribution in [2.24, 2.45) is 0 Å². The van der Waals surface area contributed by atoms with Gasteiger partial charge in [-0.05, 0) is 37.1 Å². The van der Waals surface area contributed by atoms with Gasteiger partial charge in [0.05, 0.1) is 26.9 Å². The third-order valence-corrected chi connectivity index (χ3v) is 7.14. The van der Waals surface area contributed by atoms with Crippen LogP contribution in [0.1, 0.15) is 31.1 Å². The molecule has 2 fully saturated rings. The molecule has 0 N–H and O–H groups in total. The van der Waals surface area contributed by atoms with Gasteiger partial charge in [-0.3, -0.25) is 9.59 Å². The average molecular weight is 428 g/mol. The number of rotatable bonds is 7. The Hall–Kier alpha value is -2.51. The fourth-order valence-electron chi connectivity index (χ4n) is 4.18. The van der Waals surface area contributed by atoms with E-state index in [4.69, 9.17) is 14.2 Å². The van der Waals surface area contributed by atoms with Crippen LogP contribution in [-0.4, -0.2) is 48.4 Å². The monoisotopic (exact) mass is 427 g/mol. The summed E-state index contributed by atoms with van der Waals surface area (Å²) in [5, 5.41) is 0. The van der Waals surface area contributed by atoms with Gasteiger partial charge in [-0.1, -0.05) is 30.3 Å². The third-order valence-electron chi connectivity index (χ3n) is 5.70. The molecule has 2 aliphatic heterocycles. The summed E-state index contributed by atoms with van der Waals surface area (Å²) in [7, 11) is 3.00. The van der Waals surface area contributed by atoms with Crippen LogP contribution in [0, 0.1) is 0 Å². The van der Waals surface area contributed by atoms with Crippen LogP contribution in [0.25, 0.3) is 0 Å². The van der Waals surface area contributed by atoms with E-state index in [0.717, 1.165) is 16.2 Å². The number of esters is 1. The molecule has 1 amide bonds. The highest BCUT2D eigenvalue weighted by Crippen LogP contribution is 2.51. The van der Waals surface area contributed by atoms with Gasteiger partial charge in [0, 0.05) is 16.9 Å². The van der Waals surface area contributed by atoms with Crippen molar-refractivity contribution in [1.29, 1.82) is 0 Å². The Morgan fingerprint density at radius 1 is 1.17 bits per heavy atom. The minimum atomic E-state index is -0.714. The Labute approximate surface area is 180 Å². The lowest BCUT2D eigenvalue weighted by Crippen LogP contribution is -2.39. The molecule has 7 heteroatoms. The molecule has 2 aliphatic rings. The number of thioether (sulfide) groups is 1. The normalized spacial score (nSPS) is 25.3. The van der Waals surface area contributed by atoms with E-state index >= 15 is 0 Å². The molecule has 3 atom stereocenters. The quantitative estimate of drug-likeness (QED) is 0.626. The van der Waals surface area contributed by atoms with Crippen LogP contribution < -0.4 is 4.74 Å². The minimum Gasteiger partial charge on any atom is -0.497 e. The van der Waals surface area contributed by atoms with Gasteiger partial charge in [0.15, 0.2) is 6.23 Å². The van der Waals surface area contributed by atoms with Crippen LogP contribution in [0.15, 0.2) is 59.5 Å². The van der Waals surface area contributed by atoms with E-state index in [-0.39, 0.29) is 24.3 Å². The Bertz CT molecular complexity index is 904. The third kappa shape index (κ3) is 3.91. The van der Waals surface area contributed by atoms with Crippen molar-refractivity contribution >= 4 is 23.6 Å². The number of nitrogens with zero attached hydrogens (tertiary/aromatic N) is 1. The van der Waals surface area contributed by atoms with Gasteiger partial charge in [0.1, 0.15) is 10.5 Å². The van der Waals surface area contributed by atoms with E-state index in [1.807, 2.05) is 59.5 Å². The fraction of sp³-hybridized carbons (Fsp3) is 0.391. The highest BCUT2D eigenvalue weighted by Gasteiger charge is 2.57. The second-order valence-electron chi connectivity index (χ2n) is 7.51. The van der Waals surface area contributed by atoms with Gasteiger partial charge in [0.2, 0.25) is 5.91 Å². The van der Waals surface area contributed by atoms with E-state index in [1.54, 1.807) is 18.9 Å². The van der Waals surface area contributed by atoms with E-state index < -0.39 is 11.0 Å². The van der Waals surface area contributed by atoms with Crippen molar-refractivity contribution in [3.05, 3.63) is 60.2 Å². The first-order valence-corrected chi connectivity index (χ1v) is 10.8. The molecule has 6 nitrogen and oxygen atoms in total. The zero-order valence-electron chi connectivity index (χ0n) is 17.1. The summed E-state index contributed by atoms with van der Waals surface area (Å²) in [4.78, 5) is 28.5. The van der Waals surface area contributed by atoms with Gasteiger partial charge in [-0.25, -0.2) is 0 Å². The van der Waals surface area contributed by atoms with Gasteiger partial charge >= 0.3 is 5.97 Å². The molecule has 0 unspecified atom stereocenters. The molecular formula is C23H25NO5S. The predicted molar refractivity (Wildman–Crippen MR) is 113 cm³/mol. The Morgan fingerprint density at radius 3 is 2.57 bits per heavy atom. The molecule has 0 bridgehead atoms. The number of carbonyl (C=O) groups excluding carboxylic acids is 2. The average Bonchev–Trinajstić information content (AvgIpc) is 3.31. The Kier molecular flexibility index (Phi) is 6.01. The summed E-state index contributed by atoms with van der Waals surface area (Å²) in [5.74, 6) is 0.475. The maximum atomic E-state index is 13.8. The molecule has 2 aromatic carbocycles. The van der Waals surface area contributed by atoms with Crippen LogP contribution in [0.2, 0.25) is 0 Å². The highest BCUT2D eigenvalue weighted by atomic mass is 32.2. The molecule has 2 heterocycles. The van der Waals surface area contributed by atoms with Crippen molar-refractivity contribution in [2.45, 2.75) is 41.2 Å². The Balaban J connectivity index is 1.61. The summed E-state index contributed by atoms with van der Waals surface area (Å²) >= 11 is 1.54. The lowest BCUT2D eigenvalue weighted by molar-refractivity contribution is -0.141. The van der Waals surface area contributed by atoms with Crippen molar-refractivity contribution in [2.75, 3.05) is 20.8 Å². The van der Waals surface area contributed by atoms with Crippen molar-refractivity contribution in [3.8, 4) is 5.75 Å². The van der Waals surface area contributed by atoms with Crippen LogP contribution in [0.3, 0.4) is 0 Å².